The van der Waals surface area contributed by atoms with Crippen molar-refractivity contribution in [3.63, 3.8) is 0 Å². The molecule has 128 valence electrons. The van der Waals surface area contributed by atoms with Crippen LogP contribution in [0.3, 0.4) is 0 Å². The number of fused-ring (bicyclic) bond motifs is 1. The van der Waals surface area contributed by atoms with Crippen LogP contribution in [-0.4, -0.2) is 45.7 Å². The summed E-state index contributed by atoms with van der Waals surface area (Å²) >= 11 is 0. The van der Waals surface area contributed by atoms with Gasteiger partial charge in [0.2, 0.25) is 0 Å². The summed E-state index contributed by atoms with van der Waals surface area (Å²) in [5.74, 6) is 1.46. The van der Waals surface area contributed by atoms with Crippen molar-refractivity contribution in [1.82, 2.24) is 19.4 Å². The fraction of sp³-hybridized carbons (Fsp3) is 0.556. The monoisotopic (exact) mass is 328 g/mol. The molecule has 0 spiro atoms. The Hall–Kier alpha value is -1.92. The number of hydrogen-bond donors (Lipinski definition) is 0. The van der Waals surface area contributed by atoms with Crippen molar-refractivity contribution < 1.29 is 9.47 Å². The van der Waals surface area contributed by atoms with E-state index in [2.05, 4.69) is 19.4 Å². The molecule has 6 nitrogen and oxygen atoms in total. The molecule has 0 bridgehead atoms. The van der Waals surface area contributed by atoms with Crippen molar-refractivity contribution >= 4 is 0 Å². The molecule has 2 aliphatic rings. The Kier molecular flexibility index (Phi) is 4.76. The number of nitrogens with zero attached hydrogens (tertiary/aromatic N) is 4. The van der Waals surface area contributed by atoms with E-state index in [1.165, 1.54) is 18.5 Å². The number of aryl methyl sites for hydroxylation is 1. The second-order valence-corrected chi connectivity index (χ2v) is 6.63. The number of imidazole rings is 1. The summed E-state index contributed by atoms with van der Waals surface area (Å²) in [6, 6.07) is 3.81. The van der Waals surface area contributed by atoms with Crippen LogP contribution in [0.1, 0.15) is 24.2 Å². The minimum atomic E-state index is 0.494. The first-order valence-corrected chi connectivity index (χ1v) is 8.74. The average Bonchev–Trinajstić information content (AvgIpc) is 3.20. The second kappa shape index (κ2) is 7.32. The van der Waals surface area contributed by atoms with Crippen LogP contribution in [0.15, 0.2) is 30.9 Å². The first kappa shape index (κ1) is 15.6. The van der Waals surface area contributed by atoms with Gasteiger partial charge in [-0.15, -0.1) is 0 Å². The number of aromatic nitrogens is 3. The van der Waals surface area contributed by atoms with Crippen LogP contribution in [0.4, 0.5) is 0 Å². The highest BCUT2D eigenvalue weighted by Crippen LogP contribution is 2.21. The second-order valence-electron chi connectivity index (χ2n) is 6.63. The molecule has 2 aromatic rings. The molecule has 6 heteroatoms. The molecule has 1 saturated heterocycles. The van der Waals surface area contributed by atoms with E-state index >= 15 is 0 Å². The predicted octanol–water partition coefficient (Wildman–Crippen LogP) is 2.10. The van der Waals surface area contributed by atoms with E-state index in [1.807, 2.05) is 18.5 Å². The van der Waals surface area contributed by atoms with Crippen LogP contribution in [-0.2, 0) is 24.4 Å². The van der Waals surface area contributed by atoms with E-state index in [0.717, 1.165) is 50.8 Å². The van der Waals surface area contributed by atoms with Gasteiger partial charge < -0.3 is 14.0 Å². The van der Waals surface area contributed by atoms with Crippen LogP contribution < -0.4 is 4.74 Å². The van der Waals surface area contributed by atoms with Crippen molar-refractivity contribution in [3.8, 4) is 5.75 Å². The first-order chi connectivity index (χ1) is 11.9. The molecule has 0 N–H and O–H groups in total. The van der Waals surface area contributed by atoms with Gasteiger partial charge in [-0.1, -0.05) is 0 Å². The summed E-state index contributed by atoms with van der Waals surface area (Å²) < 4.78 is 13.7. The Labute approximate surface area is 142 Å². The van der Waals surface area contributed by atoms with E-state index < -0.39 is 0 Å². The van der Waals surface area contributed by atoms with Crippen LogP contribution in [0, 0.1) is 5.92 Å². The molecule has 2 aromatic heterocycles. The zero-order valence-corrected chi connectivity index (χ0v) is 13.9. The molecule has 1 atom stereocenters. The highest BCUT2D eigenvalue weighted by atomic mass is 16.5. The molecule has 0 aliphatic carbocycles. The first-order valence-electron chi connectivity index (χ1n) is 8.74. The minimum absolute atomic E-state index is 0.494. The molecule has 4 heterocycles. The summed E-state index contributed by atoms with van der Waals surface area (Å²) in [5, 5.41) is 0. The van der Waals surface area contributed by atoms with Gasteiger partial charge in [-0.05, 0) is 30.9 Å². The smallest absolute Gasteiger partial charge is 0.138 e. The Morgan fingerprint density at radius 3 is 3.17 bits per heavy atom. The highest BCUT2D eigenvalue weighted by Gasteiger charge is 2.23. The molecular formula is C18H24N4O2. The van der Waals surface area contributed by atoms with Crippen molar-refractivity contribution in [1.29, 1.82) is 0 Å². The van der Waals surface area contributed by atoms with Crippen molar-refractivity contribution in [2.24, 2.45) is 5.92 Å². The van der Waals surface area contributed by atoms with Crippen LogP contribution in [0.25, 0.3) is 0 Å². The molecule has 1 fully saturated rings. The van der Waals surface area contributed by atoms with Gasteiger partial charge in [0.1, 0.15) is 18.1 Å². The highest BCUT2D eigenvalue weighted by molar-refractivity contribution is 5.18. The van der Waals surface area contributed by atoms with E-state index in [4.69, 9.17) is 9.47 Å². The normalized spacial score (nSPS) is 21.4. The van der Waals surface area contributed by atoms with Gasteiger partial charge in [0.25, 0.3) is 0 Å². The molecule has 4 rings (SSSR count). The van der Waals surface area contributed by atoms with Gasteiger partial charge in [0.05, 0.1) is 24.8 Å². The molecule has 0 saturated carbocycles. The minimum Gasteiger partial charge on any atom is -0.486 e. The summed E-state index contributed by atoms with van der Waals surface area (Å²) in [6.07, 6.45) is 7.80. The third-order valence-corrected chi connectivity index (χ3v) is 4.83. The number of hydrogen-bond acceptors (Lipinski definition) is 5. The SMILES string of the molecule is c1cncc(OCc2ncn3c2CN(CC2CCOC2)CCC3)c1. The number of pyridine rings is 1. The van der Waals surface area contributed by atoms with Gasteiger partial charge in [0.15, 0.2) is 0 Å². The van der Waals surface area contributed by atoms with Crippen LogP contribution in [0.5, 0.6) is 5.75 Å². The molecule has 2 aliphatic heterocycles. The lowest BCUT2D eigenvalue weighted by Gasteiger charge is -2.23. The van der Waals surface area contributed by atoms with Gasteiger partial charge >= 0.3 is 0 Å². The Bertz CT molecular complexity index is 652. The summed E-state index contributed by atoms with van der Waals surface area (Å²) in [4.78, 5) is 11.2. The number of rotatable bonds is 5. The lowest BCUT2D eigenvalue weighted by Crippen LogP contribution is -2.30. The summed E-state index contributed by atoms with van der Waals surface area (Å²) in [7, 11) is 0. The quantitative estimate of drug-likeness (QED) is 0.841. The predicted molar refractivity (Wildman–Crippen MR) is 89.6 cm³/mol. The number of ether oxygens (including phenoxy) is 2. The van der Waals surface area contributed by atoms with Gasteiger partial charge in [-0.25, -0.2) is 4.98 Å². The molecule has 0 radical (unpaired) electrons. The van der Waals surface area contributed by atoms with E-state index in [-0.39, 0.29) is 0 Å². The Balaban J connectivity index is 1.43. The van der Waals surface area contributed by atoms with Crippen molar-refractivity contribution in [2.75, 3.05) is 26.3 Å². The lowest BCUT2D eigenvalue weighted by atomic mass is 10.1. The Morgan fingerprint density at radius 1 is 1.33 bits per heavy atom. The molecule has 0 aromatic carbocycles. The van der Waals surface area contributed by atoms with E-state index in [1.54, 1.807) is 12.4 Å². The zero-order valence-electron chi connectivity index (χ0n) is 13.9. The maximum absolute atomic E-state index is 5.85. The average molecular weight is 328 g/mol. The largest absolute Gasteiger partial charge is 0.486 e. The lowest BCUT2D eigenvalue weighted by molar-refractivity contribution is 0.164. The zero-order chi connectivity index (χ0) is 16.2. The molecule has 1 unspecified atom stereocenters. The van der Waals surface area contributed by atoms with E-state index in [9.17, 15) is 0 Å². The molecule has 24 heavy (non-hydrogen) atoms. The fourth-order valence-electron chi connectivity index (χ4n) is 3.53. The van der Waals surface area contributed by atoms with Gasteiger partial charge in [-0.2, -0.15) is 0 Å². The molecular weight excluding hydrogens is 304 g/mol. The Morgan fingerprint density at radius 2 is 2.33 bits per heavy atom. The van der Waals surface area contributed by atoms with Crippen molar-refractivity contribution in [3.05, 3.63) is 42.2 Å². The van der Waals surface area contributed by atoms with E-state index in [0.29, 0.717) is 12.5 Å². The standard InChI is InChI=1S/C18H24N4O2/c1-3-16(9-19-5-1)24-13-17-18-11-21(10-15-4-8-23-12-15)6-2-7-22(18)14-20-17/h1,3,5,9,14-15H,2,4,6-8,10-13H2. The maximum atomic E-state index is 5.85. The summed E-state index contributed by atoms with van der Waals surface area (Å²) in [6.45, 7) is 6.56. The summed E-state index contributed by atoms with van der Waals surface area (Å²) in [5.41, 5.74) is 2.32. The van der Waals surface area contributed by atoms with Crippen molar-refractivity contribution in [2.45, 2.75) is 32.5 Å². The van der Waals surface area contributed by atoms with Gasteiger partial charge in [0, 0.05) is 39.0 Å². The topological polar surface area (TPSA) is 52.4 Å². The van der Waals surface area contributed by atoms with Crippen LogP contribution >= 0.6 is 0 Å². The van der Waals surface area contributed by atoms with Crippen LogP contribution in [0.2, 0.25) is 0 Å². The fourth-order valence-corrected chi connectivity index (χ4v) is 3.53. The third kappa shape index (κ3) is 3.60. The van der Waals surface area contributed by atoms with Gasteiger partial charge in [-0.3, -0.25) is 9.88 Å². The third-order valence-electron chi connectivity index (χ3n) is 4.83. The molecule has 0 amide bonds. The maximum Gasteiger partial charge on any atom is 0.138 e.